The molecule has 3 heteroatoms. The van der Waals surface area contributed by atoms with Crippen molar-refractivity contribution in [2.24, 2.45) is 10.9 Å². The summed E-state index contributed by atoms with van der Waals surface area (Å²) in [4.78, 5) is 4.60. The van der Waals surface area contributed by atoms with E-state index in [0.29, 0.717) is 17.9 Å². The van der Waals surface area contributed by atoms with Crippen LogP contribution in [0.5, 0.6) is 0 Å². The molecule has 3 aromatic rings. The van der Waals surface area contributed by atoms with E-state index in [2.05, 4.69) is 71.8 Å². The number of halogens is 1. The van der Waals surface area contributed by atoms with Gasteiger partial charge in [0.05, 0.1) is 11.7 Å². The number of nitrogens with zero attached hydrogens (tertiary/aromatic N) is 1. The van der Waals surface area contributed by atoms with Crippen molar-refractivity contribution >= 4 is 29.2 Å². The van der Waals surface area contributed by atoms with E-state index >= 15 is 0 Å². The highest BCUT2D eigenvalue weighted by molar-refractivity contribution is 6.30. The van der Waals surface area contributed by atoms with E-state index in [4.69, 9.17) is 11.6 Å². The summed E-state index contributed by atoms with van der Waals surface area (Å²) in [6.07, 6.45) is 7.72. The second-order valence-corrected chi connectivity index (χ2v) is 8.40. The average molecular weight is 399 g/mol. The van der Waals surface area contributed by atoms with Crippen molar-refractivity contribution in [1.29, 1.82) is 0 Å². The van der Waals surface area contributed by atoms with Gasteiger partial charge < -0.3 is 5.32 Å². The summed E-state index contributed by atoms with van der Waals surface area (Å²) in [6, 6.07) is 23.4. The summed E-state index contributed by atoms with van der Waals surface area (Å²) in [7, 11) is 0. The highest BCUT2D eigenvalue weighted by atomic mass is 35.5. The number of rotatable bonds is 3. The molecule has 1 heterocycles. The van der Waals surface area contributed by atoms with Crippen molar-refractivity contribution in [1.82, 2.24) is 0 Å². The summed E-state index contributed by atoms with van der Waals surface area (Å²) in [5.41, 5.74) is 7.34. The van der Waals surface area contributed by atoms with Crippen LogP contribution >= 0.6 is 11.6 Å². The lowest BCUT2D eigenvalue weighted by Crippen LogP contribution is -2.29. The molecule has 144 valence electrons. The van der Waals surface area contributed by atoms with Gasteiger partial charge >= 0.3 is 0 Å². The molecule has 1 N–H and O–H groups in total. The zero-order valence-corrected chi connectivity index (χ0v) is 17.1. The number of allylic oxidation sites excluding steroid dienone is 2. The molecule has 0 saturated heterocycles. The Morgan fingerprint density at radius 1 is 1.00 bits per heavy atom. The summed E-state index contributed by atoms with van der Waals surface area (Å²) in [5, 5.41) is 4.54. The van der Waals surface area contributed by atoms with Crippen LogP contribution in [-0.2, 0) is 0 Å². The number of hydrogen-bond donors (Lipinski definition) is 1. The number of anilines is 1. The lowest BCUT2D eigenvalue weighted by Gasteiger charge is -2.37. The molecule has 29 heavy (non-hydrogen) atoms. The minimum atomic E-state index is 0.319. The zero-order valence-electron chi connectivity index (χ0n) is 16.3. The van der Waals surface area contributed by atoms with E-state index in [1.54, 1.807) is 0 Å². The molecule has 0 saturated carbocycles. The molecule has 1 aliphatic carbocycles. The van der Waals surface area contributed by atoms with Gasteiger partial charge in [0.25, 0.3) is 0 Å². The molecular weight excluding hydrogens is 376 g/mol. The van der Waals surface area contributed by atoms with Crippen molar-refractivity contribution in [2.45, 2.75) is 25.3 Å². The highest BCUT2D eigenvalue weighted by Crippen LogP contribution is 2.49. The predicted octanol–water partition coefficient (Wildman–Crippen LogP) is 7.23. The second kappa shape index (κ2) is 7.53. The maximum absolute atomic E-state index is 5.94. The maximum Gasteiger partial charge on any atom is 0.0630 e. The molecular formula is C26H23ClN2. The predicted molar refractivity (Wildman–Crippen MR) is 123 cm³/mol. The molecule has 2 aliphatic rings. The molecule has 0 spiro atoms. The van der Waals surface area contributed by atoms with Gasteiger partial charge in [0.15, 0.2) is 0 Å². The Bertz CT molecular complexity index is 1080. The smallest absolute Gasteiger partial charge is 0.0630 e. The van der Waals surface area contributed by atoms with Crippen molar-refractivity contribution < 1.29 is 0 Å². The number of hydrogen-bond acceptors (Lipinski definition) is 2. The first kappa shape index (κ1) is 18.2. The van der Waals surface area contributed by atoms with Gasteiger partial charge in [-0.05, 0) is 66.3 Å². The number of aryl methyl sites for hydroxylation is 1. The number of fused-ring (bicyclic) bond motifs is 3. The van der Waals surface area contributed by atoms with Gasteiger partial charge in [-0.2, -0.15) is 0 Å². The van der Waals surface area contributed by atoms with Crippen LogP contribution in [0.25, 0.3) is 0 Å². The topological polar surface area (TPSA) is 24.4 Å². The van der Waals surface area contributed by atoms with E-state index in [9.17, 15) is 0 Å². The largest absolute Gasteiger partial charge is 0.378 e. The first-order valence-corrected chi connectivity index (χ1v) is 10.5. The van der Waals surface area contributed by atoms with E-state index < -0.39 is 0 Å². The summed E-state index contributed by atoms with van der Waals surface area (Å²) >= 11 is 5.94. The minimum Gasteiger partial charge on any atom is -0.378 e. The van der Waals surface area contributed by atoms with Gasteiger partial charge in [-0.15, -0.1) is 0 Å². The highest BCUT2D eigenvalue weighted by Gasteiger charge is 2.37. The van der Waals surface area contributed by atoms with Gasteiger partial charge in [0.1, 0.15) is 0 Å². The quantitative estimate of drug-likeness (QED) is 0.365. The van der Waals surface area contributed by atoms with E-state index in [1.807, 2.05) is 30.5 Å². The molecule has 5 rings (SSSR count). The zero-order chi connectivity index (χ0) is 19.8. The van der Waals surface area contributed by atoms with Crippen LogP contribution in [0.1, 0.15) is 40.6 Å². The maximum atomic E-state index is 5.94. The summed E-state index contributed by atoms with van der Waals surface area (Å²) < 4.78 is 0. The van der Waals surface area contributed by atoms with E-state index in [1.165, 1.54) is 22.4 Å². The lowest BCUT2D eigenvalue weighted by atomic mass is 9.76. The fraction of sp³-hybridized carbons (Fsp3) is 0.192. The van der Waals surface area contributed by atoms with Crippen LogP contribution in [0.3, 0.4) is 0 Å². The molecule has 0 fully saturated rings. The van der Waals surface area contributed by atoms with Crippen LogP contribution in [0.2, 0.25) is 5.02 Å². The summed E-state index contributed by atoms with van der Waals surface area (Å²) in [5.74, 6) is 1.06. The Kier molecular flexibility index (Phi) is 4.73. The minimum absolute atomic E-state index is 0.319. The molecule has 0 bridgehead atoms. The van der Waals surface area contributed by atoms with Gasteiger partial charge in [-0.1, -0.05) is 65.7 Å². The Morgan fingerprint density at radius 2 is 1.79 bits per heavy atom. The summed E-state index contributed by atoms with van der Waals surface area (Å²) in [6.45, 7) is 2.17. The Hall–Kier alpha value is -2.84. The van der Waals surface area contributed by atoms with E-state index in [0.717, 1.165) is 22.7 Å². The molecule has 0 radical (unpaired) electrons. The first-order valence-electron chi connectivity index (χ1n) is 10.1. The molecule has 3 atom stereocenters. The number of benzene rings is 3. The van der Waals surface area contributed by atoms with Crippen molar-refractivity contribution in [3.05, 3.63) is 106 Å². The van der Waals surface area contributed by atoms with Crippen molar-refractivity contribution in [3.63, 3.8) is 0 Å². The van der Waals surface area contributed by atoms with Crippen LogP contribution in [0.15, 0.2) is 83.9 Å². The third-order valence-corrected chi connectivity index (χ3v) is 6.26. The van der Waals surface area contributed by atoms with Crippen molar-refractivity contribution in [2.75, 3.05) is 5.32 Å². The van der Waals surface area contributed by atoms with Crippen LogP contribution < -0.4 is 5.32 Å². The van der Waals surface area contributed by atoms with Gasteiger partial charge in [0, 0.05) is 22.8 Å². The van der Waals surface area contributed by atoms with Gasteiger partial charge in [-0.3, -0.25) is 4.99 Å². The third kappa shape index (κ3) is 3.61. The molecule has 0 aromatic heterocycles. The Labute approximate surface area is 177 Å². The normalized spacial score (nSPS) is 22.3. The van der Waals surface area contributed by atoms with E-state index in [-0.39, 0.29) is 0 Å². The molecule has 0 amide bonds. The fourth-order valence-electron chi connectivity index (χ4n) is 4.51. The Balaban J connectivity index is 1.38. The van der Waals surface area contributed by atoms with Crippen LogP contribution in [0.4, 0.5) is 11.4 Å². The fourth-order valence-corrected chi connectivity index (χ4v) is 4.64. The molecule has 1 aliphatic heterocycles. The molecule has 3 aromatic carbocycles. The van der Waals surface area contributed by atoms with Crippen LogP contribution in [0, 0.1) is 12.8 Å². The van der Waals surface area contributed by atoms with Crippen LogP contribution in [-0.4, -0.2) is 6.21 Å². The average Bonchev–Trinajstić information content (AvgIpc) is 3.24. The Morgan fingerprint density at radius 3 is 2.59 bits per heavy atom. The number of aliphatic imine (C=N–C) groups is 1. The first-order chi connectivity index (χ1) is 14.2. The SMILES string of the molecule is Cc1ccc2c(c1)C1C=CCC1C(c1ccc(N=Cc3ccc(Cl)cc3)cc1)N2. The third-order valence-electron chi connectivity index (χ3n) is 6.00. The van der Waals surface area contributed by atoms with Gasteiger partial charge in [-0.25, -0.2) is 0 Å². The standard InChI is InChI=1S/C26H23ClN2/c1-17-5-14-25-24(15-17)22-3-2-4-23(22)26(29-25)19-8-12-21(13-9-19)28-16-18-6-10-20(27)11-7-18/h2-3,5-16,22-23,26,29H,4H2,1H3. The molecule has 3 unspecified atom stereocenters. The van der Waals surface area contributed by atoms with Crippen molar-refractivity contribution in [3.8, 4) is 0 Å². The number of nitrogens with one attached hydrogen (secondary N) is 1. The monoisotopic (exact) mass is 398 g/mol. The molecule has 2 nitrogen and oxygen atoms in total. The van der Waals surface area contributed by atoms with Gasteiger partial charge in [0.2, 0.25) is 0 Å². The lowest BCUT2D eigenvalue weighted by molar-refractivity contribution is 0.425. The second-order valence-electron chi connectivity index (χ2n) is 7.97.